The number of benzene rings is 1. The quantitative estimate of drug-likeness (QED) is 0.835. The van der Waals surface area contributed by atoms with Crippen molar-refractivity contribution < 1.29 is 13.6 Å². The highest BCUT2D eigenvalue weighted by Crippen LogP contribution is 2.12. The van der Waals surface area contributed by atoms with Gasteiger partial charge in [0, 0.05) is 17.8 Å². The van der Waals surface area contributed by atoms with Gasteiger partial charge in [0.25, 0.3) is 0 Å². The number of rotatable bonds is 4. The van der Waals surface area contributed by atoms with Gasteiger partial charge in [-0.15, -0.1) is 0 Å². The lowest BCUT2D eigenvalue weighted by Gasteiger charge is -2.15. The van der Waals surface area contributed by atoms with Gasteiger partial charge in [0.15, 0.2) is 11.6 Å². The zero-order valence-corrected chi connectivity index (χ0v) is 9.89. The molecule has 3 nitrogen and oxygen atoms in total. The molecule has 0 radical (unpaired) electrons. The molecule has 17 heavy (non-hydrogen) atoms. The van der Waals surface area contributed by atoms with Crippen molar-refractivity contribution >= 4 is 11.7 Å². The first-order valence-electron chi connectivity index (χ1n) is 5.59. The Morgan fingerprint density at radius 1 is 1.24 bits per heavy atom. The van der Waals surface area contributed by atoms with Gasteiger partial charge in [-0.2, -0.15) is 0 Å². The number of carbonyl (C=O) groups is 1. The maximum atomic E-state index is 12.9. The van der Waals surface area contributed by atoms with Crippen molar-refractivity contribution in [3.63, 3.8) is 0 Å². The Morgan fingerprint density at radius 3 is 2.41 bits per heavy atom. The molecular formula is C12H16F2N2O. The van der Waals surface area contributed by atoms with E-state index in [2.05, 4.69) is 10.6 Å². The Labute approximate surface area is 99.2 Å². The van der Waals surface area contributed by atoms with Gasteiger partial charge >= 0.3 is 6.03 Å². The highest BCUT2D eigenvalue weighted by molar-refractivity contribution is 5.89. The predicted molar refractivity (Wildman–Crippen MR) is 62.9 cm³/mol. The molecule has 1 rings (SSSR count). The zero-order valence-electron chi connectivity index (χ0n) is 9.89. The largest absolute Gasteiger partial charge is 0.335 e. The van der Waals surface area contributed by atoms with Crippen molar-refractivity contribution in [2.24, 2.45) is 0 Å². The monoisotopic (exact) mass is 242 g/mol. The molecule has 0 aliphatic carbocycles. The Balaban J connectivity index is 2.58. The smallest absolute Gasteiger partial charge is 0.319 e. The molecule has 0 aromatic heterocycles. The Morgan fingerprint density at radius 2 is 1.88 bits per heavy atom. The lowest BCUT2D eigenvalue weighted by atomic mass is 10.2. The fraction of sp³-hybridized carbons (Fsp3) is 0.417. The number of anilines is 1. The number of amides is 2. The Hall–Kier alpha value is -1.65. The van der Waals surface area contributed by atoms with Crippen LogP contribution in [0.25, 0.3) is 0 Å². The zero-order chi connectivity index (χ0) is 12.8. The standard InChI is InChI=1S/C12H16F2N2O/c1-3-8(4-2)15-12(17)16-9-5-6-10(13)11(14)7-9/h5-8H,3-4H2,1-2H3,(H2,15,16,17). The minimum atomic E-state index is -0.981. The molecule has 94 valence electrons. The number of halogens is 2. The molecule has 0 heterocycles. The van der Waals surface area contributed by atoms with Crippen LogP contribution in [-0.2, 0) is 0 Å². The number of urea groups is 1. The summed E-state index contributed by atoms with van der Waals surface area (Å²) in [5, 5.41) is 5.19. The molecule has 0 atom stereocenters. The van der Waals surface area contributed by atoms with E-state index in [-0.39, 0.29) is 11.7 Å². The molecule has 2 N–H and O–H groups in total. The third-order valence-corrected chi connectivity index (χ3v) is 2.50. The number of hydrogen-bond acceptors (Lipinski definition) is 1. The third-order valence-electron chi connectivity index (χ3n) is 2.50. The van der Waals surface area contributed by atoms with E-state index >= 15 is 0 Å². The van der Waals surface area contributed by atoms with E-state index in [1.807, 2.05) is 13.8 Å². The van der Waals surface area contributed by atoms with Crippen molar-refractivity contribution in [2.75, 3.05) is 5.32 Å². The van der Waals surface area contributed by atoms with Gasteiger partial charge in [0.2, 0.25) is 0 Å². The molecule has 0 saturated heterocycles. The van der Waals surface area contributed by atoms with E-state index in [9.17, 15) is 13.6 Å². The van der Waals surface area contributed by atoms with E-state index < -0.39 is 17.7 Å². The normalized spacial score (nSPS) is 10.4. The maximum Gasteiger partial charge on any atom is 0.319 e. The molecule has 0 bridgehead atoms. The van der Waals surface area contributed by atoms with Crippen LogP contribution in [0.2, 0.25) is 0 Å². The minimum Gasteiger partial charge on any atom is -0.335 e. The average molecular weight is 242 g/mol. The fourth-order valence-corrected chi connectivity index (χ4v) is 1.42. The van der Waals surface area contributed by atoms with Crippen LogP contribution in [0.5, 0.6) is 0 Å². The highest BCUT2D eigenvalue weighted by atomic mass is 19.2. The second-order valence-corrected chi connectivity index (χ2v) is 3.74. The van der Waals surface area contributed by atoms with Crippen molar-refractivity contribution in [1.82, 2.24) is 5.32 Å². The second kappa shape index (κ2) is 6.18. The van der Waals surface area contributed by atoms with Gasteiger partial charge in [0.1, 0.15) is 0 Å². The van der Waals surface area contributed by atoms with Gasteiger partial charge in [-0.3, -0.25) is 0 Å². The first-order chi connectivity index (χ1) is 8.06. The molecule has 1 aromatic carbocycles. The molecule has 0 saturated carbocycles. The lowest BCUT2D eigenvalue weighted by molar-refractivity contribution is 0.247. The number of hydrogen-bond donors (Lipinski definition) is 2. The summed E-state index contributed by atoms with van der Waals surface area (Å²) < 4.78 is 25.5. The summed E-state index contributed by atoms with van der Waals surface area (Å²) >= 11 is 0. The van der Waals surface area contributed by atoms with Gasteiger partial charge in [-0.25, -0.2) is 13.6 Å². The highest BCUT2D eigenvalue weighted by Gasteiger charge is 2.09. The molecule has 1 aromatic rings. The summed E-state index contributed by atoms with van der Waals surface area (Å²) in [6.45, 7) is 3.93. The molecule has 5 heteroatoms. The van der Waals surface area contributed by atoms with Crippen molar-refractivity contribution in [1.29, 1.82) is 0 Å². The lowest BCUT2D eigenvalue weighted by Crippen LogP contribution is -2.37. The summed E-state index contributed by atoms with van der Waals surface area (Å²) in [5.74, 6) is -1.92. The van der Waals surface area contributed by atoms with E-state index in [0.29, 0.717) is 0 Å². The molecule has 2 amide bonds. The topological polar surface area (TPSA) is 41.1 Å². The van der Waals surface area contributed by atoms with Gasteiger partial charge in [-0.1, -0.05) is 13.8 Å². The van der Waals surface area contributed by atoms with Crippen molar-refractivity contribution in [2.45, 2.75) is 32.7 Å². The van der Waals surface area contributed by atoms with Crippen LogP contribution in [0.3, 0.4) is 0 Å². The van der Waals surface area contributed by atoms with E-state index in [1.165, 1.54) is 6.07 Å². The molecule has 0 aliphatic rings. The van der Waals surface area contributed by atoms with Crippen LogP contribution in [-0.4, -0.2) is 12.1 Å². The summed E-state index contributed by atoms with van der Waals surface area (Å²) in [4.78, 5) is 11.5. The molecule has 0 fully saturated rings. The van der Waals surface area contributed by atoms with Crippen LogP contribution in [0.15, 0.2) is 18.2 Å². The van der Waals surface area contributed by atoms with Crippen LogP contribution < -0.4 is 10.6 Å². The second-order valence-electron chi connectivity index (χ2n) is 3.74. The molecular weight excluding hydrogens is 226 g/mol. The van der Waals surface area contributed by atoms with Gasteiger partial charge in [-0.05, 0) is 25.0 Å². The summed E-state index contributed by atoms with van der Waals surface area (Å²) in [5.41, 5.74) is 0.229. The van der Waals surface area contributed by atoms with E-state index in [1.54, 1.807) is 0 Å². The van der Waals surface area contributed by atoms with Crippen LogP contribution in [0, 0.1) is 11.6 Å². The maximum absolute atomic E-state index is 12.9. The third kappa shape index (κ3) is 4.01. The number of carbonyl (C=O) groups excluding carboxylic acids is 1. The summed E-state index contributed by atoms with van der Waals surface area (Å²) in [6, 6.07) is 2.90. The Bertz CT molecular complexity index is 392. The summed E-state index contributed by atoms with van der Waals surface area (Å²) in [6.07, 6.45) is 1.64. The van der Waals surface area contributed by atoms with Crippen LogP contribution in [0.4, 0.5) is 19.3 Å². The van der Waals surface area contributed by atoms with E-state index in [0.717, 1.165) is 25.0 Å². The van der Waals surface area contributed by atoms with Gasteiger partial charge < -0.3 is 10.6 Å². The van der Waals surface area contributed by atoms with E-state index in [4.69, 9.17) is 0 Å². The van der Waals surface area contributed by atoms with Crippen molar-refractivity contribution in [3.8, 4) is 0 Å². The molecule has 0 spiro atoms. The first-order valence-corrected chi connectivity index (χ1v) is 5.59. The molecule has 0 unspecified atom stereocenters. The average Bonchev–Trinajstić information content (AvgIpc) is 2.31. The SMILES string of the molecule is CCC(CC)NC(=O)Nc1ccc(F)c(F)c1. The fourth-order valence-electron chi connectivity index (χ4n) is 1.42. The minimum absolute atomic E-state index is 0.0836. The van der Waals surface area contributed by atoms with Crippen LogP contribution in [0.1, 0.15) is 26.7 Å². The van der Waals surface area contributed by atoms with Crippen LogP contribution >= 0.6 is 0 Å². The predicted octanol–water partition coefficient (Wildman–Crippen LogP) is 3.27. The molecule has 0 aliphatic heterocycles. The Kier molecular flexibility index (Phi) is 4.87. The van der Waals surface area contributed by atoms with Gasteiger partial charge in [0.05, 0.1) is 0 Å². The summed E-state index contributed by atoms with van der Waals surface area (Å²) in [7, 11) is 0. The first kappa shape index (κ1) is 13.4. The number of nitrogens with one attached hydrogen (secondary N) is 2. The van der Waals surface area contributed by atoms with Crippen molar-refractivity contribution in [3.05, 3.63) is 29.8 Å².